The number of anilines is 3. The molecule has 0 atom stereocenters. The fourth-order valence-corrected chi connectivity index (χ4v) is 7.49. The molecule has 8 aromatic carbocycles. The fraction of sp³-hybridized carbons (Fsp3) is 0.0698. The number of fused-ring (bicyclic) bond motifs is 8. The predicted molar refractivity (Wildman–Crippen MR) is 189 cm³/mol. The van der Waals surface area contributed by atoms with E-state index in [1.165, 1.54) is 43.4 Å². The highest BCUT2D eigenvalue weighted by Gasteiger charge is 2.37. The highest BCUT2D eigenvalue weighted by Crippen LogP contribution is 2.53. The molecule has 0 aromatic heterocycles. The zero-order valence-corrected chi connectivity index (χ0v) is 25.2. The van der Waals surface area contributed by atoms with Gasteiger partial charge < -0.3 is 4.90 Å². The van der Waals surface area contributed by atoms with Gasteiger partial charge in [-0.2, -0.15) is 0 Å². The third kappa shape index (κ3) is 3.92. The van der Waals surface area contributed by atoms with E-state index >= 15 is 4.39 Å². The van der Waals surface area contributed by atoms with Crippen molar-refractivity contribution >= 4 is 60.2 Å². The van der Waals surface area contributed by atoms with Crippen LogP contribution < -0.4 is 4.90 Å². The van der Waals surface area contributed by atoms with E-state index in [2.05, 4.69) is 140 Å². The molecule has 0 spiro atoms. The summed E-state index contributed by atoms with van der Waals surface area (Å²) in [6.45, 7) is 4.44. The number of hydrogen-bond acceptors (Lipinski definition) is 1. The highest BCUT2D eigenvalue weighted by molar-refractivity contribution is 6.06. The van der Waals surface area contributed by atoms with Crippen molar-refractivity contribution in [2.24, 2.45) is 0 Å². The average molecular weight is 580 g/mol. The molecule has 45 heavy (non-hydrogen) atoms. The van der Waals surface area contributed by atoms with E-state index in [0.29, 0.717) is 5.39 Å². The standard InChI is InChI=1S/C43H30FN/c1-43(2)39-25-32-23-35(20-17-31(32)24-38(39)42-37-14-8-7-13-36(37)41(44)26-40(42)43)45(33-18-15-27-9-3-5-11-29(27)21-33)34-19-16-28-10-4-6-12-30(28)22-34/h3-26H,1-2H3. The lowest BCUT2D eigenvalue weighted by Gasteiger charge is -2.27. The summed E-state index contributed by atoms with van der Waals surface area (Å²) in [5, 5.41) is 8.86. The van der Waals surface area contributed by atoms with Crippen molar-refractivity contribution in [3.63, 3.8) is 0 Å². The molecule has 0 saturated carbocycles. The number of benzene rings is 8. The summed E-state index contributed by atoms with van der Waals surface area (Å²) >= 11 is 0. The molecule has 0 radical (unpaired) electrons. The quantitative estimate of drug-likeness (QED) is 0.201. The monoisotopic (exact) mass is 579 g/mol. The average Bonchev–Trinajstić information content (AvgIpc) is 3.29. The van der Waals surface area contributed by atoms with Crippen molar-refractivity contribution in [2.75, 3.05) is 4.90 Å². The molecule has 8 aromatic rings. The normalized spacial score (nSPS) is 13.4. The Labute approximate surface area is 261 Å². The predicted octanol–water partition coefficient (Wildman–Crippen LogP) is 12.2. The van der Waals surface area contributed by atoms with Crippen LogP contribution in [-0.2, 0) is 5.41 Å². The van der Waals surface area contributed by atoms with Crippen LogP contribution in [0.2, 0.25) is 0 Å². The largest absolute Gasteiger partial charge is 0.310 e. The number of halogens is 1. The maximum Gasteiger partial charge on any atom is 0.131 e. The molecule has 1 nitrogen and oxygen atoms in total. The maximum atomic E-state index is 15.3. The van der Waals surface area contributed by atoms with Gasteiger partial charge in [-0.05, 0) is 115 Å². The lowest BCUT2D eigenvalue weighted by atomic mass is 9.81. The third-order valence-electron chi connectivity index (χ3n) is 9.81. The van der Waals surface area contributed by atoms with Crippen LogP contribution >= 0.6 is 0 Å². The van der Waals surface area contributed by atoms with Gasteiger partial charge in [-0.1, -0.05) is 105 Å². The first-order chi connectivity index (χ1) is 22.0. The van der Waals surface area contributed by atoms with Crippen molar-refractivity contribution in [2.45, 2.75) is 19.3 Å². The van der Waals surface area contributed by atoms with Crippen molar-refractivity contribution < 1.29 is 4.39 Å². The van der Waals surface area contributed by atoms with Crippen LogP contribution in [0.1, 0.15) is 25.0 Å². The van der Waals surface area contributed by atoms with Crippen LogP contribution in [0, 0.1) is 5.82 Å². The van der Waals surface area contributed by atoms with Gasteiger partial charge in [0.05, 0.1) is 0 Å². The van der Waals surface area contributed by atoms with Crippen LogP contribution in [0.4, 0.5) is 21.5 Å². The maximum absolute atomic E-state index is 15.3. The van der Waals surface area contributed by atoms with E-state index in [1.54, 1.807) is 6.07 Å². The van der Waals surface area contributed by atoms with Crippen LogP contribution in [0.3, 0.4) is 0 Å². The van der Waals surface area contributed by atoms with Crippen LogP contribution in [-0.4, -0.2) is 0 Å². The molecule has 0 saturated heterocycles. The molecule has 0 bridgehead atoms. The summed E-state index contributed by atoms with van der Waals surface area (Å²) < 4.78 is 15.3. The summed E-state index contributed by atoms with van der Waals surface area (Å²) in [6.07, 6.45) is 0. The minimum Gasteiger partial charge on any atom is -0.310 e. The summed E-state index contributed by atoms with van der Waals surface area (Å²) in [7, 11) is 0. The molecule has 214 valence electrons. The Morgan fingerprint density at radius 2 is 0.933 bits per heavy atom. The van der Waals surface area contributed by atoms with Gasteiger partial charge in [0.15, 0.2) is 0 Å². The minimum atomic E-state index is -0.323. The van der Waals surface area contributed by atoms with Gasteiger partial charge in [-0.15, -0.1) is 0 Å². The van der Waals surface area contributed by atoms with E-state index in [9.17, 15) is 0 Å². The van der Waals surface area contributed by atoms with Crippen LogP contribution in [0.5, 0.6) is 0 Å². The number of hydrogen-bond donors (Lipinski definition) is 0. The molecule has 0 amide bonds. The Bertz CT molecular complexity index is 2410. The van der Waals surface area contributed by atoms with Crippen molar-refractivity contribution in [1.29, 1.82) is 0 Å². The molecule has 9 rings (SSSR count). The fourth-order valence-electron chi connectivity index (χ4n) is 7.49. The molecular formula is C43H30FN. The third-order valence-corrected chi connectivity index (χ3v) is 9.81. The lowest BCUT2D eigenvalue weighted by Crippen LogP contribution is -2.15. The van der Waals surface area contributed by atoms with Gasteiger partial charge >= 0.3 is 0 Å². The Morgan fingerprint density at radius 1 is 0.444 bits per heavy atom. The number of nitrogens with zero attached hydrogens (tertiary/aromatic N) is 1. The lowest BCUT2D eigenvalue weighted by molar-refractivity contribution is 0.619. The molecule has 0 unspecified atom stereocenters. The van der Waals surface area contributed by atoms with E-state index < -0.39 is 0 Å². The van der Waals surface area contributed by atoms with Crippen LogP contribution in [0.15, 0.2) is 146 Å². The van der Waals surface area contributed by atoms with E-state index in [1.807, 2.05) is 18.2 Å². The molecule has 1 aliphatic rings. The van der Waals surface area contributed by atoms with Crippen molar-refractivity contribution in [1.82, 2.24) is 0 Å². The van der Waals surface area contributed by atoms with Gasteiger partial charge in [-0.3, -0.25) is 0 Å². The second-order valence-corrected chi connectivity index (χ2v) is 12.8. The van der Waals surface area contributed by atoms with Gasteiger partial charge in [0, 0.05) is 27.9 Å². The van der Waals surface area contributed by atoms with E-state index in [0.717, 1.165) is 33.6 Å². The van der Waals surface area contributed by atoms with Gasteiger partial charge in [-0.25, -0.2) is 4.39 Å². The molecule has 0 fully saturated rings. The smallest absolute Gasteiger partial charge is 0.131 e. The molecule has 0 aliphatic heterocycles. The summed E-state index contributed by atoms with van der Waals surface area (Å²) in [5.41, 5.74) is 7.64. The molecule has 0 heterocycles. The first kappa shape index (κ1) is 26.0. The van der Waals surface area contributed by atoms with Crippen LogP contribution in [0.25, 0.3) is 54.2 Å². The Balaban J connectivity index is 1.26. The molecular weight excluding hydrogens is 549 g/mol. The van der Waals surface area contributed by atoms with Crippen molar-refractivity contribution in [3.05, 3.63) is 163 Å². The van der Waals surface area contributed by atoms with Gasteiger partial charge in [0.2, 0.25) is 0 Å². The molecule has 1 aliphatic carbocycles. The highest BCUT2D eigenvalue weighted by atomic mass is 19.1. The van der Waals surface area contributed by atoms with Gasteiger partial charge in [0.1, 0.15) is 5.82 Å². The van der Waals surface area contributed by atoms with E-state index in [4.69, 9.17) is 0 Å². The summed E-state index contributed by atoms with van der Waals surface area (Å²) in [4.78, 5) is 2.36. The second-order valence-electron chi connectivity index (χ2n) is 12.8. The second kappa shape index (κ2) is 9.51. The first-order valence-corrected chi connectivity index (χ1v) is 15.5. The van der Waals surface area contributed by atoms with Gasteiger partial charge in [0.25, 0.3) is 0 Å². The molecule has 2 heteroatoms. The SMILES string of the molecule is CC1(C)c2cc3cc(N(c4ccc5ccccc5c4)c4ccc5ccccc5c4)ccc3cc2-c2c1cc(F)c1ccccc21. The topological polar surface area (TPSA) is 3.24 Å². The zero-order chi connectivity index (χ0) is 30.3. The summed E-state index contributed by atoms with van der Waals surface area (Å²) in [6, 6.07) is 51.4. The Kier molecular flexibility index (Phi) is 5.49. The number of rotatable bonds is 3. The Morgan fingerprint density at radius 3 is 1.56 bits per heavy atom. The molecule has 0 N–H and O–H groups in total. The van der Waals surface area contributed by atoms with E-state index in [-0.39, 0.29) is 11.2 Å². The Hall–Kier alpha value is -5.47. The van der Waals surface area contributed by atoms with Crippen molar-refractivity contribution in [3.8, 4) is 11.1 Å². The summed E-state index contributed by atoms with van der Waals surface area (Å²) in [5.74, 6) is -0.154. The minimum absolute atomic E-state index is 0.154. The first-order valence-electron chi connectivity index (χ1n) is 15.5. The zero-order valence-electron chi connectivity index (χ0n) is 25.2.